The molecule has 2 bridgehead atoms. The largest absolute Gasteiger partial charge is 0.111 e. The molecule has 3 atom stereocenters. The van der Waals surface area contributed by atoms with Crippen molar-refractivity contribution in [3.63, 3.8) is 0 Å². The highest BCUT2D eigenvalue weighted by atomic mass is 35.5. The van der Waals surface area contributed by atoms with Gasteiger partial charge in [-0.15, -0.1) is 23.2 Å². The molecule has 13 heavy (non-hydrogen) atoms. The standard InChI is InChI=1S/C10H16Cl2Si/c1-2-13-10(9(11)12)6-7-3-4-8(10)5-7/h3-4,7-9H,2,5-6,13H2,1H3. The van der Waals surface area contributed by atoms with Crippen molar-refractivity contribution >= 4 is 32.7 Å². The summed E-state index contributed by atoms with van der Waals surface area (Å²) < 4.78 is 0. The van der Waals surface area contributed by atoms with Crippen LogP contribution in [0.4, 0.5) is 0 Å². The van der Waals surface area contributed by atoms with Gasteiger partial charge in [-0.25, -0.2) is 0 Å². The van der Waals surface area contributed by atoms with Gasteiger partial charge in [0, 0.05) is 9.52 Å². The summed E-state index contributed by atoms with van der Waals surface area (Å²) in [5.41, 5.74) is 0. The van der Waals surface area contributed by atoms with E-state index in [9.17, 15) is 0 Å². The third-order valence-electron chi connectivity index (χ3n) is 3.70. The van der Waals surface area contributed by atoms with Crippen molar-refractivity contribution < 1.29 is 0 Å². The monoisotopic (exact) mass is 234 g/mol. The molecule has 1 saturated carbocycles. The molecule has 0 heterocycles. The smallest absolute Gasteiger partial charge is 0.105 e. The zero-order valence-electron chi connectivity index (χ0n) is 7.97. The molecule has 2 aliphatic carbocycles. The second kappa shape index (κ2) is 3.60. The van der Waals surface area contributed by atoms with Crippen LogP contribution in [0.25, 0.3) is 0 Å². The Hall–Kier alpha value is 0.537. The van der Waals surface area contributed by atoms with Crippen LogP contribution in [0, 0.1) is 11.8 Å². The maximum atomic E-state index is 6.18. The predicted molar refractivity (Wildman–Crippen MR) is 62.6 cm³/mol. The van der Waals surface area contributed by atoms with E-state index in [1.165, 1.54) is 18.9 Å². The number of alkyl halides is 2. The highest BCUT2D eigenvalue weighted by molar-refractivity contribution is 6.53. The molecule has 74 valence electrons. The second-order valence-corrected chi connectivity index (χ2v) is 8.39. The molecule has 0 nitrogen and oxygen atoms in total. The summed E-state index contributed by atoms with van der Waals surface area (Å²) in [4.78, 5) is -0.126. The van der Waals surface area contributed by atoms with Crippen molar-refractivity contribution in [2.24, 2.45) is 11.8 Å². The Morgan fingerprint density at radius 1 is 1.54 bits per heavy atom. The first-order valence-corrected chi connectivity index (χ1v) is 7.73. The zero-order valence-corrected chi connectivity index (χ0v) is 10.9. The van der Waals surface area contributed by atoms with Gasteiger partial charge in [0.1, 0.15) is 4.84 Å². The van der Waals surface area contributed by atoms with Gasteiger partial charge in [-0.2, -0.15) is 0 Å². The van der Waals surface area contributed by atoms with E-state index in [1.54, 1.807) is 0 Å². The summed E-state index contributed by atoms with van der Waals surface area (Å²) >= 11 is 12.4. The molecule has 0 saturated heterocycles. The Kier molecular flexibility index (Phi) is 2.79. The van der Waals surface area contributed by atoms with E-state index in [1.807, 2.05) is 0 Å². The maximum Gasteiger partial charge on any atom is 0.111 e. The third-order valence-corrected chi connectivity index (χ3v) is 7.74. The molecule has 0 spiro atoms. The van der Waals surface area contributed by atoms with Crippen molar-refractivity contribution in [1.29, 1.82) is 0 Å². The molecule has 0 aromatic heterocycles. The minimum atomic E-state index is -0.126. The SMILES string of the molecule is CC[SiH2]C1(C(Cl)Cl)CC2C=CC1C2. The molecule has 3 heteroatoms. The van der Waals surface area contributed by atoms with Gasteiger partial charge in [-0.3, -0.25) is 0 Å². The van der Waals surface area contributed by atoms with Gasteiger partial charge < -0.3 is 0 Å². The summed E-state index contributed by atoms with van der Waals surface area (Å²) in [5.74, 6) is 1.51. The van der Waals surface area contributed by atoms with Gasteiger partial charge in [0.2, 0.25) is 0 Å². The molecule has 2 rings (SSSR count). The Morgan fingerprint density at radius 2 is 2.31 bits per heavy atom. The predicted octanol–water partition coefficient (Wildman–Crippen LogP) is 3.15. The summed E-state index contributed by atoms with van der Waals surface area (Å²) in [6, 6.07) is 1.33. The zero-order chi connectivity index (χ0) is 9.47. The Bertz CT molecular complexity index is 227. The van der Waals surface area contributed by atoms with Crippen LogP contribution in [0.5, 0.6) is 0 Å². The molecule has 0 aromatic carbocycles. The summed E-state index contributed by atoms with van der Waals surface area (Å²) in [5, 5.41) is 0.345. The highest BCUT2D eigenvalue weighted by Crippen LogP contribution is 2.61. The summed E-state index contributed by atoms with van der Waals surface area (Å²) in [7, 11) is -0.0993. The Balaban J connectivity index is 2.20. The summed E-state index contributed by atoms with van der Waals surface area (Å²) in [6.45, 7) is 2.28. The fourth-order valence-corrected chi connectivity index (χ4v) is 6.66. The van der Waals surface area contributed by atoms with Crippen LogP contribution in [-0.4, -0.2) is 14.4 Å². The average Bonchev–Trinajstić information content (AvgIpc) is 2.64. The lowest BCUT2D eigenvalue weighted by Gasteiger charge is -2.36. The molecular formula is C10H16Cl2Si. The number of fused-ring (bicyclic) bond motifs is 2. The topological polar surface area (TPSA) is 0 Å². The first kappa shape index (κ1) is 10.1. The second-order valence-electron chi connectivity index (χ2n) is 4.48. The van der Waals surface area contributed by atoms with Crippen LogP contribution in [0.15, 0.2) is 12.2 Å². The molecule has 1 fully saturated rings. The lowest BCUT2D eigenvalue weighted by Crippen LogP contribution is -2.31. The molecule has 0 aromatic rings. The molecule has 3 unspecified atom stereocenters. The van der Waals surface area contributed by atoms with E-state index in [0.29, 0.717) is 11.0 Å². The number of hydrogen-bond acceptors (Lipinski definition) is 0. The lowest BCUT2D eigenvalue weighted by molar-refractivity contribution is 0.496. The van der Waals surface area contributed by atoms with Crippen molar-refractivity contribution in [2.45, 2.75) is 35.7 Å². The van der Waals surface area contributed by atoms with Crippen LogP contribution < -0.4 is 0 Å². The van der Waals surface area contributed by atoms with Crippen molar-refractivity contribution in [2.75, 3.05) is 0 Å². The fourth-order valence-electron chi connectivity index (χ4n) is 3.10. The van der Waals surface area contributed by atoms with Crippen molar-refractivity contribution in [1.82, 2.24) is 0 Å². The van der Waals surface area contributed by atoms with Gasteiger partial charge in [0.25, 0.3) is 0 Å². The number of halogens is 2. The molecule has 0 radical (unpaired) electrons. The van der Waals surface area contributed by atoms with Crippen LogP contribution in [0.2, 0.25) is 11.1 Å². The van der Waals surface area contributed by atoms with Crippen LogP contribution in [0.3, 0.4) is 0 Å². The van der Waals surface area contributed by atoms with Gasteiger partial charge >= 0.3 is 0 Å². The van der Waals surface area contributed by atoms with Crippen molar-refractivity contribution in [3.05, 3.63) is 12.2 Å². The normalized spacial score (nSPS) is 43.1. The minimum absolute atomic E-state index is 0.0993. The summed E-state index contributed by atoms with van der Waals surface area (Å²) in [6.07, 6.45) is 7.33. The molecule has 0 aliphatic heterocycles. The lowest BCUT2D eigenvalue weighted by atomic mass is 9.94. The van der Waals surface area contributed by atoms with Crippen LogP contribution in [0.1, 0.15) is 19.8 Å². The van der Waals surface area contributed by atoms with Crippen LogP contribution >= 0.6 is 23.2 Å². The van der Waals surface area contributed by atoms with Gasteiger partial charge in [-0.05, 0) is 29.7 Å². The molecular weight excluding hydrogens is 219 g/mol. The molecule has 0 amide bonds. The van der Waals surface area contributed by atoms with E-state index in [-0.39, 0.29) is 14.4 Å². The van der Waals surface area contributed by atoms with Crippen molar-refractivity contribution in [3.8, 4) is 0 Å². The number of hydrogen-bond donors (Lipinski definition) is 0. The van der Waals surface area contributed by atoms with Gasteiger partial charge in [-0.1, -0.05) is 25.1 Å². The van der Waals surface area contributed by atoms with E-state index in [0.717, 1.165) is 5.92 Å². The quantitative estimate of drug-likeness (QED) is 0.400. The van der Waals surface area contributed by atoms with Gasteiger partial charge in [0.05, 0.1) is 0 Å². The molecule has 2 aliphatic rings. The fraction of sp³-hybridized carbons (Fsp3) is 0.800. The Morgan fingerprint density at radius 3 is 2.69 bits per heavy atom. The first-order valence-electron chi connectivity index (χ1n) is 5.15. The van der Waals surface area contributed by atoms with E-state index in [4.69, 9.17) is 23.2 Å². The first-order chi connectivity index (χ1) is 6.19. The number of rotatable bonds is 3. The van der Waals surface area contributed by atoms with Crippen LogP contribution in [-0.2, 0) is 0 Å². The highest BCUT2D eigenvalue weighted by Gasteiger charge is 2.51. The average molecular weight is 235 g/mol. The number of allylic oxidation sites excluding steroid dienone is 2. The van der Waals surface area contributed by atoms with E-state index < -0.39 is 0 Å². The minimum Gasteiger partial charge on any atom is -0.105 e. The van der Waals surface area contributed by atoms with E-state index >= 15 is 0 Å². The van der Waals surface area contributed by atoms with E-state index in [2.05, 4.69) is 19.1 Å². The molecule has 0 N–H and O–H groups in total. The Labute approximate surface area is 92.5 Å². The third kappa shape index (κ3) is 1.49. The maximum absolute atomic E-state index is 6.18. The van der Waals surface area contributed by atoms with Gasteiger partial charge in [0.15, 0.2) is 0 Å².